The molecule has 0 radical (unpaired) electrons. The maximum absolute atomic E-state index is 6.10. The molecule has 1 nitrogen and oxygen atoms in total. The standard InChI is InChI=1S/C20H20O/c1-20(2)12-17-16-9-5-3-8-15(16)13-21-19-10-6-4-7-14(19)11-18(17)20/h3-10,12,18H,11,13H2,1-2H3. The van der Waals surface area contributed by atoms with Crippen molar-refractivity contribution in [1.29, 1.82) is 0 Å². The van der Waals surface area contributed by atoms with Gasteiger partial charge < -0.3 is 4.74 Å². The van der Waals surface area contributed by atoms with Crippen molar-refractivity contribution in [2.45, 2.75) is 26.9 Å². The summed E-state index contributed by atoms with van der Waals surface area (Å²) in [6.45, 7) is 5.33. The summed E-state index contributed by atoms with van der Waals surface area (Å²) in [6.07, 6.45) is 3.49. The molecule has 1 atom stereocenters. The molecule has 4 rings (SSSR count). The van der Waals surface area contributed by atoms with Gasteiger partial charge in [-0.05, 0) is 46.1 Å². The molecule has 2 aromatic rings. The average Bonchev–Trinajstić information content (AvgIpc) is 2.54. The highest BCUT2D eigenvalue weighted by Gasteiger charge is 2.41. The number of fused-ring (bicyclic) bond motifs is 4. The third kappa shape index (κ3) is 1.99. The van der Waals surface area contributed by atoms with Crippen LogP contribution in [0.5, 0.6) is 5.75 Å². The van der Waals surface area contributed by atoms with Crippen LogP contribution in [0.3, 0.4) is 0 Å². The van der Waals surface area contributed by atoms with Crippen LogP contribution in [0.15, 0.2) is 54.6 Å². The van der Waals surface area contributed by atoms with Crippen molar-refractivity contribution in [3.63, 3.8) is 0 Å². The van der Waals surface area contributed by atoms with Gasteiger partial charge in [0.2, 0.25) is 0 Å². The molecule has 0 fully saturated rings. The molecular weight excluding hydrogens is 256 g/mol. The molecule has 0 amide bonds. The summed E-state index contributed by atoms with van der Waals surface area (Å²) in [7, 11) is 0. The van der Waals surface area contributed by atoms with Crippen LogP contribution < -0.4 is 4.74 Å². The maximum atomic E-state index is 6.10. The number of benzene rings is 2. The van der Waals surface area contributed by atoms with Crippen molar-refractivity contribution in [3.8, 4) is 5.75 Å². The van der Waals surface area contributed by atoms with Gasteiger partial charge >= 0.3 is 0 Å². The molecule has 0 saturated carbocycles. The van der Waals surface area contributed by atoms with Gasteiger partial charge in [0.05, 0.1) is 0 Å². The van der Waals surface area contributed by atoms with E-state index in [4.69, 9.17) is 4.74 Å². The fraction of sp³-hybridized carbons (Fsp3) is 0.300. The third-order valence-corrected chi connectivity index (χ3v) is 4.91. The lowest BCUT2D eigenvalue weighted by Crippen LogP contribution is -2.34. The molecule has 1 aliphatic carbocycles. The predicted octanol–water partition coefficient (Wildman–Crippen LogP) is 4.86. The van der Waals surface area contributed by atoms with Crippen molar-refractivity contribution < 1.29 is 4.74 Å². The highest BCUT2D eigenvalue weighted by Crippen LogP contribution is 2.52. The van der Waals surface area contributed by atoms with E-state index in [0.717, 1.165) is 12.2 Å². The Bertz CT molecular complexity index is 724. The van der Waals surface area contributed by atoms with E-state index in [1.165, 1.54) is 22.3 Å². The van der Waals surface area contributed by atoms with E-state index in [0.29, 0.717) is 12.5 Å². The first kappa shape index (κ1) is 12.7. The molecule has 2 aromatic carbocycles. The summed E-state index contributed by atoms with van der Waals surface area (Å²) in [6, 6.07) is 17.1. The van der Waals surface area contributed by atoms with Crippen LogP contribution in [0.4, 0.5) is 0 Å². The Morgan fingerprint density at radius 1 is 0.952 bits per heavy atom. The molecule has 0 bridgehead atoms. The molecule has 0 spiro atoms. The summed E-state index contributed by atoms with van der Waals surface area (Å²) in [5, 5.41) is 0. The molecule has 1 heteroatoms. The lowest BCUT2D eigenvalue weighted by Gasteiger charge is -2.44. The zero-order valence-electron chi connectivity index (χ0n) is 12.6. The van der Waals surface area contributed by atoms with E-state index in [1.807, 2.05) is 0 Å². The Labute approximate surface area is 126 Å². The maximum Gasteiger partial charge on any atom is 0.123 e. The Balaban J connectivity index is 1.87. The summed E-state index contributed by atoms with van der Waals surface area (Å²) >= 11 is 0. The van der Waals surface area contributed by atoms with Crippen LogP contribution in [-0.2, 0) is 13.0 Å². The van der Waals surface area contributed by atoms with Gasteiger partial charge in [0.25, 0.3) is 0 Å². The summed E-state index contributed by atoms with van der Waals surface area (Å²) < 4.78 is 6.10. The van der Waals surface area contributed by atoms with Crippen molar-refractivity contribution in [1.82, 2.24) is 0 Å². The van der Waals surface area contributed by atoms with Gasteiger partial charge in [-0.2, -0.15) is 0 Å². The van der Waals surface area contributed by atoms with Crippen LogP contribution >= 0.6 is 0 Å². The fourth-order valence-electron chi connectivity index (χ4n) is 3.66. The van der Waals surface area contributed by atoms with Crippen molar-refractivity contribution in [2.75, 3.05) is 0 Å². The smallest absolute Gasteiger partial charge is 0.123 e. The zero-order chi connectivity index (χ0) is 14.4. The molecular formula is C20H20O. The Morgan fingerprint density at radius 2 is 1.67 bits per heavy atom. The van der Waals surface area contributed by atoms with Gasteiger partial charge in [-0.1, -0.05) is 62.4 Å². The summed E-state index contributed by atoms with van der Waals surface area (Å²) in [5.74, 6) is 1.61. The highest BCUT2D eigenvalue weighted by atomic mass is 16.5. The topological polar surface area (TPSA) is 9.23 Å². The fourth-order valence-corrected chi connectivity index (χ4v) is 3.66. The van der Waals surface area contributed by atoms with Gasteiger partial charge in [-0.3, -0.25) is 0 Å². The first-order valence-corrected chi connectivity index (χ1v) is 7.67. The van der Waals surface area contributed by atoms with Gasteiger partial charge in [0.1, 0.15) is 12.4 Å². The van der Waals surface area contributed by atoms with Gasteiger partial charge in [-0.15, -0.1) is 0 Å². The Morgan fingerprint density at radius 3 is 2.48 bits per heavy atom. The van der Waals surface area contributed by atoms with E-state index in [1.54, 1.807) is 0 Å². The van der Waals surface area contributed by atoms with Gasteiger partial charge in [0, 0.05) is 0 Å². The van der Waals surface area contributed by atoms with Crippen LogP contribution in [0.2, 0.25) is 0 Å². The number of allylic oxidation sites excluding steroid dienone is 2. The normalized spacial score (nSPS) is 22.0. The SMILES string of the molecule is CC1(C)C=C2c3ccccc3COc3ccccc3CC21. The molecule has 1 heterocycles. The second kappa shape index (κ2) is 4.49. The second-order valence-electron chi connectivity index (χ2n) is 6.73. The number of hydrogen-bond donors (Lipinski definition) is 0. The van der Waals surface area contributed by atoms with E-state index < -0.39 is 0 Å². The van der Waals surface area contributed by atoms with Gasteiger partial charge in [0.15, 0.2) is 0 Å². The molecule has 106 valence electrons. The molecule has 2 aliphatic rings. The summed E-state index contributed by atoms with van der Waals surface area (Å²) in [4.78, 5) is 0. The Hall–Kier alpha value is -2.02. The molecule has 1 aliphatic heterocycles. The van der Waals surface area contributed by atoms with Crippen LogP contribution in [0, 0.1) is 11.3 Å². The summed E-state index contributed by atoms with van der Waals surface area (Å²) in [5.41, 5.74) is 5.75. The van der Waals surface area contributed by atoms with E-state index in [9.17, 15) is 0 Å². The average molecular weight is 276 g/mol. The predicted molar refractivity (Wildman–Crippen MR) is 86.2 cm³/mol. The molecule has 0 aromatic heterocycles. The lowest BCUT2D eigenvalue weighted by molar-refractivity contribution is 0.295. The quantitative estimate of drug-likeness (QED) is 0.667. The van der Waals surface area contributed by atoms with Gasteiger partial charge in [-0.25, -0.2) is 0 Å². The van der Waals surface area contributed by atoms with E-state index >= 15 is 0 Å². The lowest BCUT2D eigenvalue weighted by atomic mass is 9.60. The first-order valence-electron chi connectivity index (χ1n) is 7.67. The number of rotatable bonds is 0. The highest BCUT2D eigenvalue weighted by molar-refractivity contribution is 5.77. The van der Waals surface area contributed by atoms with E-state index in [2.05, 4.69) is 68.5 Å². The first-order chi connectivity index (χ1) is 10.1. The van der Waals surface area contributed by atoms with Crippen molar-refractivity contribution >= 4 is 5.57 Å². The minimum Gasteiger partial charge on any atom is -0.489 e. The molecule has 1 unspecified atom stereocenters. The third-order valence-electron chi connectivity index (χ3n) is 4.91. The van der Waals surface area contributed by atoms with E-state index in [-0.39, 0.29) is 5.41 Å². The number of para-hydroxylation sites is 1. The minimum absolute atomic E-state index is 0.264. The Kier molecular flexibility index (Phi) is 2.72. The second-order valence-corrected chi connectivity index (χ2v) is 6.73. The minimum atomic E-state index is 0.264. The van der Waals surface area contributed by atoms with Crippen LogP contribution in [-0.4, -0.2) is 0 Å². The van der Waals surface area contributed by atoms with Crippen LogP contribution in [0.25, 0.3) is 5.57 Å². The number of hydrogen-bond acceptors (Lipinski definition) is 1. The molecule has 0 saturated heterocycles. The molecule has 21 heavy (non-hydrogen) atoms. The van der Waals surface area contributed by atoms with Crippen molar-refractivity contribution in [2.24, 2.45) is 11.3 Å². The zero-order valence-corrected chi connectivity index (χ0v) is 12.6. The monoisotopic (exact) mass is 276 g/mol. The largest absolute Gasteiger partial charge is 0.489 e. The van der Waals surface area contributed by atoms with Crippen LogP contribution in [0.1, 0.15) is 30.5 Å². The van der Waals surface area contributed by atoms with Crippen molar-refractivity contribution in [3.05, 3.63) is 71.3 Å². The molecule has 0 N–H and O–H groups in total. The number of ether oxygens (including phenoxy) is 1.